The van der Waals surface area contributed by atoms with Gasteiger partial charge in [-0.05, 0) is 31.9 Å². The van der Waals surface area contributed by atoms with Gasteiger partial charge in [-0.3, -0.25) is 9.89 Å². The molecule has 2 aromatic rings. The molecule has 1 saturated heterocycles. The van der Waals surface area contributed by atoms with Crippen LogP contribution >= 0.6 is 0 Å². The van der Waals surface area contributed by atoms with Crippen molar-refractivity contribution in [2.75, 3.05) is 13.1 Å². The first-order valence-electron chi connectivity index (χ1n) is 6.68. The number of carbonyl (C=O) groups excluding carboxylic acids is 1. The fourth-order valence-electron chi connectivity index (χ4n) is 2.76. The van der Waals surface area contributed by atoms with Crippen molar-refractivity contribution in [3.63, 3.8) is 0 Å². The molecular formula is C14H18N4O. The van der Waals surface area contributed by atoms with Crippen molar-refractivity contribution < 1.29 is 4.79 Å². The predicted molar refractivity (Wildman–Crippen MR) is 72.0 cm³/mol. The highest BCUT2D eigenvalue weighted by molar-refractivity contribution is 5.95. The van der Waals surface area contributed by atoms with Crippen LogP contribution in [0.3, 0.4) is 0 Å². The fraction of sp³-hybridized carbons (Fsp3) is 0.429. The maximum atomic E-state index is 12.5. The Bertz CT molecular complexity index is 558. The summed E-state index contributed by atoms with van der Waals surface area (Å²) in [6.07, 6.45) is 5.74. The van der Waals surface area contributed by atoms with Gasteiger partial charge in [-0.25, -0.2) is 0 Å². The molecule has 0 aromatic carbocycles. The Hall–Kier alpha value is -2.04. The van der Waals surface area contributed by atoms with E-state index in [1.165, 1.54) is 0 Å². The van der Waals surface area contributed by atoms with Crippen LogP contribution in [0, 0.1) is 6.92 Å². The van der Waals surface area contributed by atoms with Gasteiger partial charge in [-0.15, -0.1) is 0 Å². The molecule has 0 bridgehead atoms. The minimum atomic E-state index is 0.128. The zero-order chi connectivity index (χ0) is 13.2. The molecule has 0 spiro atoms. The second kappa shape index (κ2) is 4.91. The van der Waals surface area contributed by atoms with E-state index in [4.69, 9.17) is 0 Å². The number of piperidine rings is 1. The number of likely N-dealkylation sites (tertiary alicyclic amines) is 1. The molecule has 0 radical (unpaired) electrons. The van der Waals surface area contributed by atoms with Gasteiger partial charge in [0, 0.05) is 42.8 Å². The Balaban J connectivity index is 1.75. The average Bonchev–Trinajstić information content (AvgIpc) is 3.09. The summed E-state index contributed by atoms with van der Waals surface area (Å²) in [5, 5.41) is 7.02. The normalized spacial score (nSPS) is 19.6. The second-order valence-corrected chi connectivity index (χ2v) is 5.12. The quantitative estimate of drug-likeness (QED) is 0.866. The van der Waals surface area contributed by atoms with E-state index in [1.54, 1.807) is 6.20 Å². The van der Waals surface area contributed by atoms with E-state index >= 15 is 0 Å². The third kappa shape index (κ3) is 2.28. The van der Waals surface area contributed by atoms with Crippen LogP contribution in [0.4, 0.5) is 0 Å². The Labute approximate surface area is 112 Å². The number of H-pyrrole nitrogens is 2. The molecule has 3 rings (SSSR count). The van der Waals surface area contributed by atoms with Gasteiger partial charge in [-0.1, -0.05) is 0 Å². The Kier molecular flexibility index (Phi) is 3.11. The summed E-state index contributed by atoms with van der Waals surface area (Å²) < 4.78 is 0. The summed E-state index contributed by atoms with van der Waals surface area (Å²) in [6, 6.07) is 3.86. The van der Waals surface area contributed by atoms with Crippen molar-refractivity contribution in [2.24, 2.45) is 0 Å². The van der Waals surface area contributed by atoms with Crippen molar-refractivity contribution in [2.45, 2.75) is 25.7 Å². The lowest BCUT2D eigenvalue weighted by Gasteiger charge is -2.32. The van der Waals surface area contributed by atoms with Crippen LogP contribution < -0.4 is 0 Å². The van der Waals surface area contributed by atoms with Crippen LogP contribution in [0.15, 0.2) is 24.5 Å². The highest BCUT2D eigenvalue weighted by Crippen LogP contribution is 2.26. The van der Waals surface area contributed by atoms with Gasteiger partial charge in [0.1, 0.15) is 0 Å². The number of nitrogens with one attached hydrogen (secondary N) is 2. The van der Waals surface area contributed by atoms with E-state index in [2.05, 4.69) is 15.2 Å². The molecule has 1 atom stereocenters. The molecule has 3 heterocycles. The van der Waals surface area contributed by atoms with Gasteiger partial charge in [0.25, 0.3) is 5.91 Å². The molecule has 5 heteroatoms. The van der Waals surface area contributed by atoms with Crippen LogP contribution in [-0.4, -0.2) is 39.1 Å². The molecule has 1 aliphatic heterocycles. The lowest BCUT2D eigenvalue weighted by molar-refractivity contribution is 0.0705. The molecule has 2 N–H and O–H groups in total. The Morgan fingerprint density at radius 2 is 2.37 bits per heavy atom. The topological polar surface area (TPSA) is 64.8 Å². The maximum absolute atomic E-state index is 12.5. The molecule has 0 aliphatic carbocycles. The molecule has 5 nitrogen and oxygen atoms in total. The molecule has 1 amide bonds. The van der Waals surface area contributed by atoms with E-state index in [1.807, 2.05) is 30.2 Å². The zero-order valence-corrected chi connectivity index (χ0v) is 11.0. The summed E-state index contributed by atoms with van der Waals surface area (Å²) in [7, 11) is 0. The van der Waals surface area contributed by atoms with Crippen LogP contribution in [0.5, 0.6) is 0 Å². The first-order chi connectivity index (χ1) is 9.25. The van der Waals surface area contributed by atoms with Gasteiger partial charge in [0.2, 0.25) is 0 Å². The number of hydrogen-bond donors (Lipinski definition) is 2. The third-order valence-electron chi connectivity index (χ3n) is 3.85. The lowest BCUT2D eigenvalue weighted by atomic mass is 9.94. The predicted octanol–water partition coefficient (Wildman–Crippen LogP) is 2.07. The van der Waals surface area contributed by atoms with Crippen molar-refractivity contribution >= 4 is 5.91 Å². The molecule has 1 fully saturated rings. The number of aromatic nitrogens is 3. The molecule has 0 unspecified atom stereocenters. The Morgan fingerprint density at radius 1 is 1.47 bits per heavy atom. The minimum Gasteiger partial charge on any atom is -0.365 e. The molecule has 1 aliphatic rings. The van der Waals surface area contributed by atoms with E-state index in [-0.39, 0.29) is 5.91 Å². The summed E-state index contributed by atoms with van der Waals surface area (Å²) >= 11 is 0. The summed E-state index contributed by atoms with van der Waals surface area (Å²) in [5.41, 5.74) is 2.85. The average molecular weight is 258 g/mol. The molecule has 0 saturated carbocycles. The van der Waals surface area contributed by atoms with Gasteiger partial charge in [0.15, 0.2) is 0 Å². The van der Waals surface area contributed by atoms with Gasteiger partial charge in [-0.2, -0.15) is 5.10 Å². The van der Waals surface area contributed by atoms with Crippen molar-refractivity contribution in [3.05, 3.63) is 41.5 Å². The number of rotatable bonds is 2. The number of hydrogen-bond acceptors (Lipinski definition) is 2. The maximum Gasteiger partial charge on any atom is 0.255 e. The first kappa shape index (κ1) is 12.0. The monoisotopic (exact) mass is 258 g/mol. The number of aromatic amines is 2. The smallest absolute Gasteiger partial charge is 0.255 e. The SMILES string of the molecule is Cc1[nH]ccc1C(=O)N1CCC[C@@H](c2ccn[nH]2)C1. The van der Waals surface area contributed by atoms with E-state index in [9.17, 15) is 4.79 Å². The van der Waals surface area contributed by atoms with Crippen LogP contribution in [0.1, 0.15) is 40.5 Å². The van der Waals surface area contributed by atoms with Crippen molar-refractivity contribution in [3.8, 4) is 0 Å². The molecule has 2 aromatic heterocycles. The fourth-order valence-corrected chi connectivity index (χ4v) is 2.76. The second-order valence-electron chi connectivity index (χ2n) is 5.12. The number of carbonyl (C=O) groups is 1. The minimum absolute atomic E-state index is 0.128. The zero-order valence-electron chi connectivity index (χ0n) is 11.0. The standard InChI is InChI=1S/C14H18N4O/c1-10-12(4-6-15-10)14(19)18-8-2-3-11(9-18)13-5-7-16-17-13/h4-7,11,15H,2-3,8-9H2,1H3,(H,16,17)/t11-/m1/s1. The van der Waals surface area contributed by atoms with Crippen LogP contribution in [-0.2, 0) is 0 Å². The largest absolute Gasteiger partial charge is 0.365 e. The number of nitrogens with zero attached hydrogens (tertiary/aromatic N) is 2. The molecular weight excluding hydrogens is 240 g/mol. The van der Waals surface area contributed by atoms with Crippen LogP contribution in [0.25, 0.3) is 0 Å². The van der Waals surface area contributed by atoms with Crippen LogP contribution in [0.2, 0.25) is 0 Å². The van der Waals surface area contributed by atoms with Crippen molar-refractivity contribution in [1.29, 1.82) is 0 Å². The summed E-state index contributed by atoms with van der Waals surface area (Å²) in [4.78, 5) is 17.5. The number of amides is 1. The highest BCUT2D eigenvalue weighted by Gasteiger charge is 2.27. The summed E-state index contributed by atoms with van der Waals surface area (Å²) in [6.45, 7) is 3.54. The van der Waals surface area contributed by atoms with Gasteiger partial charge in [0.05, 0.1) is 5.56 Å². The number of aryl methyl sites for hydroxylation is 1. The Morgan fingerprint density at radius 3 is 3.05 bits per heavy atom. The lowest BCUT2D eigenvalue weighted by Crippen LogP contribution is -2.39. The van der Waals surface area contributed by atoms with Crippen molar-refractivity contribution in [1.82, 2.24) is 20.1 Å². The third-order valence-corrected chi connectivity index (χ3v) is 3.85. The summed E-state index contributed by atoms with van der Waals surface area (Å²) in [5.74, 6) is 0.502. The van der Waals surface area contributed by atoms with Gasteiger partial charge < -0.3 is 9.88 Å². The van der Waals surface area contributed by atoms with Gasteiger partial charge >= 0.3 is 0 Å². The van der Waals surface area contributed by atoms with E-state index in [0.29, 0.717) is 5.92 Å². The molecule has 100 valence electrons. The first-order valence-corrected chi connectivity index (χ1v) is 6.68. The molecule has 19 heavy (non-hydrogen) atoms. The van der Waals surface area contributed by atoms with E-state index in [0.717, 1.165) is 42.9 Å². The van der Waals surface area contributed by atoms with E-state index < -0.39 is 0 Å². The highest BCUT2D eigenvalue weighted by atomic mass is 16.2.